The average molecular weight is 923 g/mol. The lowest BCUT2D eigenvalue weighted by Crippen LogP contribution is -2.50. The second-order valence-electron chi connectivity index (χ2n) is 14.7. The Morgan fingerprint density at radius 1 is 0.385 bits per heavy atom. The highest BCUT2D eigenvalue weighted by Gasteiger charge is 2.53. The van der Waals surface area contributed by atoms with Crippen molar-refractivity contribution in [2.45, 2.75) is 57.8 Å². The van der Waals surface area contributed by atoms with Crippen LogP contribution in [0, 0.1) is 16.2 Å². The molecule has 0 bridgehead atoms. The standard InChI is InChI=1S/C19H28O6.C16H34O7.C13H12O4/c1-3-18(22)24-13-9-5-7-11-16(20)15-17(21)12-8-6-10-14-25-19(23)4-2;1-17-7-15(8-18-2,9-19-3)13-23-14-16(10-20-4,11-21-5)12-22-6;1-5-9(14)13(10(15)6-2,11(16)7-3)12(17)8-4/h3-4H,1-2,5-15H2;7-14H2,1-6H3;5-8H,1-4H2. The molecule has 0 aromatic rings. The number of methoxy groups -OCH3 is 6. The summed E-state index contributed by atoms with van der Waals surface area (Å²) in [5.74, 6) is -5.05. The van der Waals surface area contributed by atoms with Gasteiger partial charge in [0.05, 0.1) is 83.3 Å². The number of unbranched alkanes of at least 4 members (excludes halogenated alkanes) is 4. The summed E-state index contributed by atoms with van der Waals surface area (Å²) in [6, 6.07) is 0. The summed E-state index contributed by atoms with van der Waals surface area (Å²) in [4.78, 5) is 91.8. The molecule has 0 heterocycles. The summed E-state index contributed by atoms with van der Waals surface area (Å²) < 4.78 is 47.6. The first kappa shape index (κ1) is 64.4. The molecule has 0 aliphatic carbocycles. The van der Waals surface area contributed by atoms with Gasteiger partial charge in [-0.2, -0.15) is 0 Å². The molecule has 0 saturated heterocycles. The first-order valence-corrected chi connectivity index (χ1v) is 20.8. The predicted octanol–water partition coefficient (Wildman–Crippen LogP) is 4.94. The van der Waals surface area contributed by atoms with Crippen LogP contribution in [-0.2, 0) is 81.0 Å². The van der Waals surface area contributed by atoms with Gasteiger partial charge in [-0.05, 0) is 62.8 Å². The van der Waals surface area contributed by atoms with Gasteiger partial charge in [-0.15, -0.1) is 0 Å². The van der Waals surface area contributed by atoms with Crippen LogP contribution in [0.3, 0.4) is 0 Å². The lowest BCUT2D eigenvalue weighted by Gasteiger charge is -2.35. The van der Waals surface area contributed by atoms with Crippen molar-refractivity contribution in [2.24, 2.45) is 16.2 Å². The minimum absolute atomic E-state index is 0.0170. The number of allylic oxidation sites excluding steroid dienone is 4. The van der Waals surface area contributed by atoms with Crippen LogP contribution in [0.15, 0.2) is 75.9 Å². The van der Waals surface area contributed by atoms with Gasteiger partial charge < -0.3 is 42.6 Å². The number of Topliss-reactive ketones (excluding diaryl/α,β-unsaturated/α-hetero) is 2. The third-order valence-corrected chi connectivity index (χ3v) is 9.16. The maximum Gasteiger partial charge on any atom is 0.330 e. The summed E-state index contributed by atoms with van der Waals surface area (Å²) in [6.07, 6.45) is 10.2. The molecular weight excluding hydrogens is 849 g/mol. The van der Waals surface area contributed by atoms with Gasteiger partial charge in [-0.25, -0.2) is 9.59 Å². The Kier molecular flexibility index (Phi) is 39.1. The molecule has 368 valence electrons. The zero-order valence-corrected chi connectivity index (χ0v) is 39.6. The van der Waals surface area contributed by atoms with Crippen molar-refractivity contribution >= 4 is 46.6 Å². The van der Waals surface area contributed by atoms with Crippen LogP contribution in [-0.4, -0.2) is 155 Å². The molecule has 65 heavy (non-hydrogen) atoms. The molecule has 0 N–H and O–H groups in total. The van der Waals surface area contributed by atoms with E-state index in [1.165, 1.54) is 0 Å². The topological polar surface area (TPSA) is 220 Å². The van der Waals surface area contributed by atoms with Gasteiger partial charge in [0.2, 0.25) is 5.41 Å². The Labute approximate surface area is 385 Å². The molecule has 0 amide bonds. The van der Waals surface area contributed by atoms with E-state index in [4.69, 9.17) is 42.6 Å². The van der Waals surface area contributed by atoms with Gasteiger partial charge in [0.25, 0.3) is 0 Å². The molecule has 0 aliphatic heterocycles. The van der Waals surface area contributed by atoms with Crippen LogP contribution in [0.2, 0.25) is 0 Å². The second kappa shape index (κ2) is 39.5. The average Bonchev–Trinajstić information content (AvgIpc) is 3.29. The number of hydrogen-bond donors (Lipinski definition) is 0. The van der Waals surface area contributed by atoms with Crippen molar-refractivity contribution < 1.29 is 81.0 Å². The zero-order chi connectivity index (χ0) is 50.2. The van der Waals surface area contributed by atoms with Crippen LogP contribution in [0.1, 0.15) is 57.8 Å². The zero-order valence-electron chi connectivity index (χ0n) is 39.6. The molecule has 0 aliphatic rings. The lowest BCUT2D eigenvalue weighted by atomic mass is 9.71. The number of esters is 2. The Bertz CT molecular complexity index is 1340. The van der Waals surface area contributed by atoms with E-state index in [-0.39, 0.29) is 28.8 Å². The SMILES string of the molecule is C=CC(=O)C(C(=O)C=C)(C(=O)C=C)C(=O)C=C.C=CC(=O)OCCCCCC(=O)CC(=O)CCCCCOC(=O)C=C.COCC(COC)(COC)COCC(COC)(COC)COC. The largest absolute Gasteiger partial charge is 0.463 e. The van der Waals surface area contributed by atoms with Crippen LogP contribution in [0.25, 0.3) is 0 Å². The lowest BCUT2D eigenvalue weighted by molar-refractivity contribution is -0.148. The summed E-state index contributed by atoms with van der Waals surface area (Å²) in [5, 5.41) is 0. The van der Waals surface area contributed by atoms with Crippen molar-refractivity contribution in [1.82, 2.24) is 0 Å². The molecule has 17 heteroatoms. The third-order valence-electron chi connectivity index (χ3n) is 9.16. The van der Waals surface area contributed by atoms with E-state index in [1.807, 2.05) is 0 Å². The Morgan fingerprint density at radius 3 is 0.892 bits per heavy atom. The van der Waals surface area contributed by atoms with Gasteiger partial charge in [-0.1, -0.05) is 39.5 Å². The molecule has 0 unspecified atom stereocenters. The minimum Gasteiger partial charge on any atom is -0.463 e. The monoisotopic (exact) mass is 922 g/mol. The number of ketones is 6. The van der Waals surface area contributed by atoms with Crippen molar-refractivity contribution in [2.75, 3.05) is 109 Å². The van der Waals surface area contributed by atoms with Crippen LogP contribution >= 0.6 is 0 Å². The highest BCUT2D eigenvalue weighted by molar-refractivity contribution is 6.45. The molecule has 0 saturated carbocycles. The predicted molar refractivity (Wildman–Crippen MR) is 244 cm³/mol. The molecular formula is C48H74O17. The maximum atomic E-state index is 11.7. The molecule has 0 spiro atoms. The minimum atomic E-state index is -2.49. The van der Waals surface area contributed by atoms with E-state index in [0.29, 0.717) is 105 Å². The number of hydrogen-bond acceptors (Lipinski definition) is 17. The first-order valence-electron chi connectivity index (χ1n) is 20.8. The summed E-state index contributed by atoms with van der Waals surface area (Å²) >= 11 is 0. The summed E-state index contributed by atoms with van der Waals surface area (Å²) in [5.41, 5.74) is -3.19. The van der Waals surface area contributed by atoms with Crippen molar-refractivity contribution in [3.05, 3.63) is 75.9 Å². The smallest absolute Gasteiger partial charge is 0.330 e. The summed E-state index contributed by atoms with van der Waals surface area (Å²) in [7, 11) is 9.95. The van der Waals surface area contributed by atoms with Crippen molar-refractivity contribution in [3.63, 3.8) is 0 Å². The number of carbonyl (C=O) groups excluding carboxylic acids is 8. The second-order valence-corrected chi connectivity index (χ2v) is 14.7. The van der Waals surface area contributed by atoms with E-state index in [2.05, 4.69) is 39.5 Å². The van der Waals surface area contributed by atoms with Crippen LogP contribution in [0.4, 0.5) is 0 Å². The Balaban J connectivity index is -0.000000903. The highest BCUT2D eigenvalue weighted by Crippen LogP contribution is 2.27. The Hall–Kier alpha value is -4.88. The fourth-order valence-electron chi connectivity index (χ4n) is 6.22. The van der Waals surface area contributed by atoms with E-state index in [9.17, 15) is 38.4 Å². The molecule has 0 aromatic carbocycles. The van der Waals surface area contributed by atoms with Crippen molar-refractivity contribution in [1.29, 1.82) is 0 Å². The van der Waals surface area contributed by atoms with Crippen molar-refractivity contribution in [3.8, 4) is 0 Å². The molecule has 0 aromatic heterocycles. The third kappa shape index (κ3) is 26.6. The van der Waals surface area contributed by atoms with Gasteiger partial charge in [-0.3, -0.25) is 28.8 Å². The van der Waals surface area contributed by atoms with E-state index in [1.54, 1.807) is 42.7 Å². The van der Waals surface area contributed by atoms with Crippen LogP contribution in [0.5, 0.6) is 0 Å². The molecule has 0 radical (unpaired) electrons. The number of carbonyl (C=O) groups is 8. The highest BCUT2D eigenvalue weighted by atomic mass is 16.5. The van der Waals surface area contributed by atoms with E-state index in [0.717, 1.165) is 49.3 Å². The molecule has 0 rings (SSSR count). The first-order chi connectivity index (χ1) is 31.0. The molecule has 17 nitrogen and oxygen atoms in total. The van der Waals surface area contributed by atoms with Crippen LogP contribution < -0.4 is 0 Å². The molecule has 0 fully saturated rings. The number of rotatable bonds is 40. The Morgan fingerprint density at radius 2 is 0.662 bits per heavy atom. The van der Waals surface area contributed by atoms with Gasteiger partial charge in [0, 0.05) is 67.7 Å². The van der Waals surface area contributed by atoms with E-state index >= 15 is 0 Å². The fraction of sp³-hybridized carbons (Fsp3) is 0.583. The van der Waals surface area contributed by atoms with Gasteiger partial charge in [0.1, 0.15) is 11.6 Å². The normalized spacial score (nSPS) is 10.9. The maximum absolute atomic E-state index is 11.7. The molecule has 0 atom stereocenters. The summed E-state index contributed by atoms with van der Waals surface area (Å²) in [6.45, 7) is 23.7. The number of ether oxygens (including phenoxy) is 9. The quantitative estimate of drug-likeness (QED) is 0.0344. The van der Waals surface area contributed by atoms with E-state index < -0.39 is 40.5 Å². The fourth-order valence-corrected chi connectivity index (χ4v) is 6.22. The van der Waals surface area contributed by atoms with Gasteiger partial charge in [0.15, 0.2) is 23.1 Å². The van der Waals surface area contributed by atoms with Gasteiger partial charge >= 0.3 is 11.9 Å².